The minimum atomic E-state index is -0.417. The quantitative estimate of drug-likeness (QED) is 0.577. The highest BCUT2D eigenvalue weighted by Crippen LogP contribution is 2.20. The number of rotatable bonds is 8. The molecule has 0 saturated carbocycles. The zero-order chi connectivity index (χ0) is 19.8. The van der Waals surface area contributed by atoms with Gasteiger partial charge in [0.15, 0.2) is 5.82 Å². The molecule has 0 aromatic carbocycles. The van der Waals surface area contributed by atoms with E-state index in [1.165, 1.54) is 11.8 Å². The van der Waals surface area contributed by atoms with Crippen LogP contribution in [0.15, 0.2) is 10.6 Å². The smallest absolute Gasteiger partial charge is 0.238 e. The molecule has 4 N–H and O–H groups in total. The molecule has 1 aliphatic rings. The number of aromatic nitrogens is 1. The zero-order valence-electron chi connectivity index (χ0n) is 15.7. The van der Waals surface area contributed by atoms with E-state index < -0.39 is 5.25 Å². The number of piperidine rings is 1. The summed E-state index contributed by atoms with van der Waals surface area (Å²) in [7, 11) is 0. The molecule has 0 aliphatic carbocycles. The SMILES string of the molecule is Cc1cc(NC(=O)C(C)SCC(=O)N2CCCC(C(=O)NCCN)C2)no1. The topological polar surface area (TPSA) is 131 Å². The maximum atomic E-state index is 12.5. The van der Waals surface area contributed by atoms with Crippen molar-refractivity contribution in [2.24, 2.45) is 11.7 Å². The van der Waals surface area contributed by atoms with E-state index >= 15 is 0 Å². The fraction of sp³-hybridized carbons (Fsp3) is 0.647. The van der Waals surface area contributed by atoms with Crippen molar-refractivity contribution in [1.29, 1.82) is 0 Å². The summed E-state index contributed by atoms with van der Waals surface area (Å²) in [6.45, 7) is 5.36. The third kappa shape index (κ3) is 6.55. The van der Waals surface area contributed by atoms with Gasteiger partial charge in [-0.15, -0.1) is 11.8 Å². The van der Waals surface area contributed by atoms with Crippen molar-refractivity contribution in [3.05, 3.63) is 11.8 Å². The Bertz CT molecular complexity index is 666. The van der Waals surface area contributed by atoms with Crippen LogP contribution in [0.2, 0.25) is 0 Å². The minimum absolute atomic E-state index is 0.0544. The molecule has 10 heteroatoms. The Morgan fingerprint density at radius 3 is 2.93 bits per heavy atom. The summed E-state index contributed by atoms with van der Waals surface area (Å²) in [5, 5.41) is 8.73. The van der Waals surface area contributed by atoms with E-state index in [-0.39, 0.29) is 29.4 Å². The fourth-order valence-electron chi connectivity index (χ4n) is 2.77. The molecule has 0 bridgehead atoms. The lowest BCUT2D eigenvalue weighted by Gasteiger charge is -2.32. The van der Waals surface area contributed by atoms with Crippen molar-refractivity contribution in [2.75, 3.05) is 37.2 Å². The molecule has 2 unspecified atom stereocenters. The molecular formula is C17H27N5O4S. The normalized spacial score (nSPS) is 18.0. The predicted octanol–water partition coefficient (Wildman–Crippen LogP) is 0.357. The van der Waals surface area contributed by atoms with Crippen molar-refractivity contribution in [1.82, 2.24) is 15.4 Å². The van der Waals surface area contributed by atoms with Gasteiger partial charge in [-0.25, -0.2) is 0 Å². The zero-order valence-corrected chi connectivity index (χ0v) is 16.5. The Balaban J connectivity index is 1.76. The van der Waals surface area contributed by atoms with Crippen LogP contribution in [0.5, 0.6) is 0 Å². The van der Waals surface area contributed by atoms with E-state index in [9.17, 15) is 14.4 Å². The van der Waals surface area contributed by atoms with Crippen LogP contribution in [-0.2, 0) is 14.4 Å². The highest BCUT2D eigenvalue weighted by atomic mass is 32.2. The van der Waals surface area contributed by atoms with Crippen LogP contribution in [-0.4, -0.2) is 65.0 Å². The average molecular weight is 398 g/mol. The lowest BCUT2D eigenvalue weighted by atomic mass is 9.97. The minimum Gasteiger partial charge on any atom is -0.360 e. The summed E-state index contributed by atoms with van der Waals surface area (Å²) in [6.07, 6.45) is 1.56. The van der Waals surface area contributed by atoms with Crippen LogP contribution in [0, 0.1) is 12.8 Å². The first-order chi connectivity index (χ1) is 12.9. The maximum Gasteiger partial charge on any atom is 0.238 e. The van der Waals surface area contributed by atoms with Crippen LogP contribution in [0.4, 0.5) is 5.82 Å². The maximum absolute atomic E-state index is 12.5. The van der Waals surface area contributed by atoms with E-state index in [1.807, 2.05) is 0 Å². The van der Waals surface area contributed by atoms with E-state index in [4.69, 9.17) is 10.3 Å². The van der Waals surface area contributed by atoms with Gasteiger partial charge in [-0.3, -0.25) is 14.4 Å². The Labute approximate surface area is 162 Å². The molecule has 1 aromatic heterocycles. The van der Waals surface area contributed by atoms with Crippen LogP contribution in [0.25, 0.3) is 0 Å². The highest BCUT2D eigenvalue weighted by molar-refractivity contribution is 8.01. The number of thioether (sulfide) groups is 1. The molecule has 1 aliphatic heterocycles. The van der Waals surface area contributed by atoms with Gasteiger partial charge in [0, 0.05) is 32.2 Å². The monoisotopic (exact) mass is 397 g/mol. The fourth-order valence-corrected chi connectivity index (χ4v) is 3.56. The Hall–Kier alpha value is -2.07. The number of nitrogens with one attached hydrogen (secondary N) is 2. The van der Waals surface area contributed by atoms with E-state index in [0.29, 0.717) is 37.8 Å². The number of nitrogens with two attached hydrogens (primary N) is 1. The summed E-state index contributed by atoms with van der Waals surface area (Å²) in [4.78, 5) is 38.4. The number of carbonyl (C=O) groups excluding carboxylic acids is 3. The number of anilines is 1. The lowest BCUT2D eigenvalue weighted by molar-refractivity contribution is -0.133. The molecule has 0 spiro atoms. The predicted molar refractivity (Wildman–Crippen MR) is 103 cm³/mol. The molecular weight excluding hydrogens is 370 g/mol. The van der Waals surface area contributed by atoms with Crippen molar-refractivity contribution in [2.45, 2.75) is 31.9 Å². The number of likely N-dealkylation sites (tertiary alicyclic amines) is 1. The third-order valence-corrected chi connectivity index (χ3v) is 5.42. The van der Waals surface area contributed by atoms with Gasteiger partial charge in [-0.2, -0.15) is 0 Å². The second-order valence-electron chi connectivity index (χ2n) is 6.52. The van der Waals surface area contributed by atoms with Crippen molar-refractivity contribution in [3.63, 3.8) is 0 Å². The number of hydrogen-bond donors (Lipinski definition) is 3. The lowest BCUT2D eigenvalue weighted by Crippen LogP contribution is -2.46. The van der Waals surface area contributed by atoms with Gasteiger partial charge in [0.25, 0.3) is 0 Å². The number of hydrogen-bond acceptors (Lipinski definition) is 7. The second kappa shape index (κ2) is 10.3. The van der Waals surface area contributed by atoms with Gasteiger partial charge in [-0.05, 0) is 26.7 Å². The third-order valence-electron chi connectivity index (χ3n) is 4.29. The number of amides is 3. The van der Waals surface area contributed by atoms with Gasteiger partial charge >= 0.3 is 0 Å². The molecule has 150 valence electrons. The van der Waals surface area contributed by atoms with Crippen molar-refractivity contribution in [3.8, 4) is 0 Å². The van der Waals surface area contributed by atoms with E-state index in [1.54, 1.807) is 24.8 Å². The van der Waals surface area contributed by atoms with Crippen LogP contribution >= 0.6 is 11.8 Å². The molecule has 2 rings (SSSR count). The summed E-state index contributed by atoms with van der Waals surface area (Å²) in [5.74, 6) is 0.599. The van der Waals surface area contributed by atoms with Crippen LogP contribution in [0.1, 0.15) is 25.5 Å². The molecule has 27 heavy (non-hydrogen) atoms. The van der Waals surface area contributed by atoms with Gasteiger partial charge in [0.05, 0.1) is 16.9 Å². The number of aryl methyl sites for hydroxylation is 1. The molecule has 1 aromatic rings. The van der Waals surface area contributed by atoms with E-state index in [0.717, 1.165) is 12.8 Å². The molecule has 9 nitrogen and oxygen atoms in total. The van der Waals surface area contributed by atoms with Crippen LogP contribution < -0.4 is 16.4 Å². The largest absolute Gasteiger partial charge is 0.360 e. The summed E-state index contributed by atoms with van der Waals surface area (Å²) < 4.78 is 4.90. The first-order valence-electron chi connectivity index (χ1n) is 9.02. The summed E-state index contributed by atoms with van der Waals surface area (Å²) in [6, 6.07) is 1.63. The molecule has 1 saturated heterocycles. The molecule has 2 atom stereocenters. The second-order valence-corrected chi connectivity index (χ2v) is 7.85. The summed E-state index contributed by atoms with van der Waals surface area (Å²) in [5.41, 5.74) is 5.40. The van der Waals surface area contributed by atoms with Gasteiger partial charge in [0.2, 0.25) is 17.7 Å². The summed E-state index contributed by atoms with van der Waals surface area (Å²) >= 11 is 1.26. The Morgan fingerprint density at radius 2 is 2.26 bits per heavy atom. The van der Waals surface area contributed by atoms with Crippen molar-refractivity contribution >= 4 is 35.3 Å². The highest BCUT2D eigenvalue weighted by Gasteiger charge is 2.28. The van der Waals surface area contributed by atoms with Crippen molar-refractivity contribution < 1.29 is 18.9 Å². The first kappa shape index (κ1) is 21.2. The molecule has 3 amide bonds. The Morgan fingerprint density at radius 1 is 1.48 bits per heavy atom. The molecule has 1 fully saturated rings. The first-order valence-corrected chi connectivity index (χ1v) is 10.1. The number of nitrogens with zero attached hydrogens (tertiary/aromatic N) is 2. The average Bonchev–Trinajstić information content (AvgIpc) is 3.08. The van der Waals surface area contributed by atoms with Gasteiger partial charge in [-0.1, -0.05) is 5.16 Å². The molecule has 0 radical (unpaired) electrons. The standard InChI is InChI=1S/C17H27N5O4S/c1-11-8-14(21-26-11)20-16(24)12(2)27-10-15(23)22-7-3-4-13(9-22)17(25)19-6-5-18/h8,12-13H,3-7,9-10,18H2,1-2H3,(H,19,25)(H,20,21,24). The van der Waals surface area contributed by atoms with Crippen LogP contribution in [0.3, 0.4) is 0 Å². The van der Waals surface area contributed by atoms with Gasteiger partial charge < -0.3 is 25.8 Å². The van der Waals surface area contributed by atoms with Gasteiger partial charge in [0.1, 0.15) is 5.76 Å². The van der Waals surface area contributed by atoms with E-state index in [2.05, 4.69) is 15.8 Å². The number of carbonyl (C=O) groups is 3. The molecule has 2 heterocycles. The Kier molecular flexibility index (Phi) is 8.11.